The van der Waals surface area contributed by atoms with E-state index in [1.807, 2.05) is 31.2 Å². The molecule has 152 valence electrons. The molecule has 1 unspecified atom stereocenters. The highest BCUT2D eigenvalue weighted by atomic mass is 32.2. The molecule has 1 N–H and O–H groups in total. The van der Waals surface area contributed by atoms with Crippen molar-refractivity contribution in [1.82, 2.24) is 5.32 Å². The molecule has 0 saturated heterocycles. The third-order valence-electron chi connectivity index (χ3n) is 5.10. The molecule has 0 bridgehead atoms. The van der Waals surface area contributed by atoms with Crippen molar-refractivity contribution in [3.8, 4) is 6.07 Å². The van der Waals surface area contributed by atoms with Crippen LogP contribution in [0.5, 0.6) is 0 Å². The summed E-state index contributed by atoms with van der Waals surface area (Å²) < 4.78 is 0. The molecule has 3 rings (SSSR count). The fourth-order valence-corrected chi connectivity index (χ4v) is 4.79. The van der Waals surface area contributed by atoms with Crippen LogP contribution in [0.4, 0.5) is 5.69 Å². The first-order valence-electron chi connectivity index (χ1n) is 9.38. The van der Waals surface area contributed by atoms with Gasteiger partial charge in [0.25, 0.3) is 5.69 Å². The van der Waals surface area contributed by atoms with Crippen LogP contribution in [0.1, 0.15) is 36.5 Å². The summed E-state index contributed by atoms with van der Waals surface area (Å²) in [6, 6.07) is 16.5. The predicted octanol–water partition coefficient (Wildman–Crippen LogP) is 5.12. The molecule has 1 heterocycles. The van der Waals surface area contributed by atoms with E-state index in [-0.39, 0.29) is 11.5 Å². The fourth-order valence-electron chi connectivity index (χ4n) is 3.62. The Labute approximate surface area is 179 Å². The van der Waals surface area contributed by atoms with E-state index in [9.17, 15) is 20.2 Å². The molecule has 1 aliphatic rings. The maximum absolute atomic E-state index is 12.5. The fraction of sp³-hybridized carbons (Fsp3) is 0.217. The number of nitriles is 1. The van der Waals surface area contributed by atoms with E-state index in [0.29, 0.717) is 33.2 Å². The highest BCUT2D eigenvalue weighted by molar-refractivity contribution is 8.02. The first-order valence-corrected chi connectivity index (χ1v) is 10.4. The summed E-state index contributed by atoms with van der Waals surface area (Å²) in [4.78, 5) is 23.6. The van der Waals surface area contributed by atoms with Gasteiger partial charge < -0.3 is 5.32 Å². The van der Waals surface area contributed by atoms with Crippen LogP contribution in [0.15, 0.2) is 70.4 Å². The monoisotopic (exact) mass is 419 g/mol. The number of para-hydroxylation sites is 1. The van der Waals surface area contributed by atoms with Crippen LogP contribution in [0, 0.1) is 28.4 Å². The van der Waals surface area contributed by atoms with Crippen LogP contribution in [0.3, 0.4) is 0 Å². The van der Waals surface area contributed by atoms with Gasteiger partial charge in [-0.2, -0.15) is 5.26 Å². The molecule has 30 heavy (non-hydrogen) atoms. The lowest BCUT2D eigenvalue weighted by molar-refractivity contribution is -0.385. The van der Waals surface area contributed by atoms with Gasteiger partial charge in [-0.3, -0.25) is 14.9 Å². The number of dihydropyridines is 1. The Morgan fingerprint density at radius 1 is 1.20 bits per heavy atom. The van der Waals surface area contributed by atoms with Crippen molar-refractivity contribution < 1.29 is 9.72 Å². The second-order valence-corrected chi connectivity index (χ2v) is 8.02. The number of carbonyl (C=O) groups excluding carboxylic acids is 1. The number of thioether (sulfide) groups is 1. The standard InChI is InChI=1S/C23H21N3O3S/c1-14-8-4-5-9-17(14)13-30-23-19(12-24)22(21(16(3)27)15(2)25-23)18-10-6-7-11-20(18)26(28)29/h4-11,22,25H,13H2,1-3H3. The number of hydrogen-bond acceptors (Lipinski definition) is 6. The van der Waals surface area contributed by atoms with Gasteiger partial charge in [0.05, 0.1) is 27.5 Å². The van der Waals surface area contributed by atoms with Crippen molar-refractivity contribution >= 4 is 23.2 Å². The molecule has 0 aliphatic carbocycles. The quantitative estimate of drug-likeness (QED) is 0.516. The van der Waals surface area contributed by atoms with Crippen LogP contribution in [0.2, 0.25) is 0 Å². The Hall–Kier alpha value is -3.37. The molecule has 0 spiro atoms. The van der Waals surface area contributed by atoms with E-state index in [1.165, 1.54) is 24.8 Å². The number of ketones is 1. The number of rotatable bonds is 6. The van der Waals surface area contributed by atoms with E-state index in [0.717, 1.165) is 11.1 Å². The lowest BCUT2D eigenvalue weighted by atomic mass is 9.80. The SMILES string of the molecule is CC(=O)C1=C(C)NC(SCc2ccccc2C)=C(C#N)C1c1ccccc1[N+](=O)[O-]. The molecule has 0 fully saturated rings. The molecule has 2 aromatic carbocycles. The van der Waals surface area contributed by atoms with Crippen molar-refractivity contribution in [3.05, 3.63) is 97.2 Å². The second kappa shape index (κ2) is 8.97. The van der Waals surface area contributed by atoms with Gasteiger partial charge in [-0.1, -0.05) is 42.5 Å². The number of benzene rings is 2. The van der Waals surface area contributed by atoms with Crippen LogP contribution in [-0.4, -0.2) is 10.7 Å². The van der Waals surface area contributed by atoms with Crippen molar-refractivity contribution in [2.75, 3.05) is 0 Å². The molecule has 0 amide bonds. The third kappa shape index (κ3) is 4.14. The van der Waals surface area contributed by atoms with Gasteiger partial charge in [0.15, 0.2) is 5.78 Å². The minimum absolute atomic E-state index is 0.105. The maximum Gasteiger partial charge on any atom is 0.273 e. The summed E-state index contributed by atoms with van der Waals surface area (Å²) in [7, 11) is 0. The first kappa shape index (κ1) is 21.3. The van der Waals surface area contributed by atoms with Crippen molar-refractivity contribution in [2.45, 2.75) is 32.4 Å². The van der Waals surface area contributed by atoms with Gasteiger partial charge in [-0.15, -0.1) is 11.8 Å². The first-order chi connectivity index (χ1) is 14.3. The predicted molar refractivity (Wildman–Crippen MR) is 117 cm³/mol. The number of carbonyl (C=O) groups is 1. The number of nitro benzene ring substituents is 1. The van der Waals surface area contributed by atoms with Gasteiger partial charge in [-0.25, -0.2) is 0 Å². The van der Waals surface area contributed by atoms with E-state index in [2.05, 4.69) is 11.4 Å². The summed E-state index contributed by atoms with van der Waals surface area (Å²) >= 11 is 1.46. The van der Waals surface area contributed by atoms with Gasteiger partial charge in [-0.05, 0) is 31.9 Å². The van der Waals surface area contributed by atoms with E-state index in [1.54, 1.807) is 25.1 Å². The second-order valence-electron chi connectivity index (χ2n) is 7.04. The number of allylic oxidation sites excluding steroid dienone is 3. The Morgan fingerprint density at radius 3 is 2.50 bits per heavy atom. The molecular formula is C23H21N3O3S. The van der Waals surface area contributed by atoms with Crippen molar-refractivity contribution in [1.29, 1.82) is 5.26 Å². The molecule has 1 aliphatic heterocycles. The summed E-state index contributed by atoms with van der Waals surface area (Å²) in [5.41, 5.74) is 3.82. The molecule has 1 atom stereocenters. The molecular weight excluding hydrogens is 398 g/mol. The number of nitrogens with one attached hydrogen (secondary N) is 1. The van der Waals surface area contributed by atoms with Crippen molar-refractivity contribution in [2.24, 2.45) is 0 Å². The summed E-state index contributed by atoms with van der Waals surface area (Å²) in [6.45, 7) is 5.21. The van der Waals surface area contributed by atoms with E-state index >= 15 is 0 Å². The van der Waals surface area contributed by atoms with Gasteiger partial charge in [0, 0.05) is 28.7 Å². The Bertz CT molecular complexity index is 1130. The summed E-state index contributed by atoms with van der Waals surface area (Å²) in [6.07, 6.45) is 0. The third-order valence-corrected chi connectivity index (χ3v) is 6.17. The average Bonchev–Trinajstić information content (AvgIpc) is 2.72. The van der Waals surface area contributed by atoms with Gasteiger partial charge >= 0.3 is 0 Å². The number of aryl methyl sites for hydroxylation is 1. The molecule has 7 heteroatoms. The molecule has 2 aromatic rings. The van der Waals surface area contributed by atoms with Gasteiger partial charge in [0.2, 0.25) is 0 Å². The summed E-state index contributed by atoms with van der Waals surface area (Å²) in [5.74, 6) is -0.375. The summed E-state index contributed by atoms with van der Waals surface area (Å²) in [5, 5.41) is 25.4. The topological polar surface area (TPSA) is 96.0 Å². The molecule has 0 aromatic heterocycles. The average molecular weight is 420 g/mol. The number of Topliss-reactive ketones (excluding diaryl/α,β-unsaturated/α-hetero) is 1. The minimum atomic E-state index is -0.783. The van der Waals surface area contributed by atoms with Gasteiger partial charge in [0.1, 0.15) is 0 Å². The lowest BCUT2D eigenvalue weighted by Crippen LogP contribution is -2.27. The zero-order valence-corrected chi connectivity index (χ0v) is 17.7. The molecule has 6 nitrogen and oxygen atoms in total. The molecule has 0 saturated carbocycles. The smallest absolute Gasteiger partial charge is 0.273 e. The lowest BCUT2D eigenvalue weighted by Gasteiger charge is -2.29. The zero-order chi connectivity index (χ0) is 21.8. The van der Waals surface area contributed by atoms with Crippen LogP contribution < -0.4 is 5.32 Å². The highest BCUT2D eigenvalue weighted by Gasteiger charge is 2.36. The Kier molecular flexibility index (Phi) is 6.38. The van der Waals surface area contributed by atoms with Crippen LogP contribution in [0.25, 0.3) is 0 Å². The van der Waals surface area contributed by atoms with E-state index < -0.39 is 10.8 Å². The highest BCUT2D eigenvalue weighted by Crippen LogP contribution is 2.44. The maximum atomic E-state index is 12.5. The Balaban J connectivity index is 2.11. The number of nitrogens with zero attached hydrogens (tertiary/aromatic N) is 2. The Morgan fingerprint density at radius 2 is 1.87 bits per heavy atom. The van der Waals surface area contributed by atoms with Crippen LogP contribution in [-0.2, 0) is 10.5 Å². The number of hydrogen-bond donors (Lipinski definition) is 1. The van der Waals surface area contributed by atoms with Crippen LogP contribution >= 0.6 is 11.8 Å². The minimum Gasteiger partial charge on any atom is -0.353 e. The largest absolute Gasteiger partial charge is 0.353 e. The number of nitro groups is 1. The molecule has 0 radical (unpaired) electrons. The van der Waals surface area contributed by atoms with E-state index in [4.69, 9.17) is 0 Å². The van der Waals surface area contributed by atoms with Crippen molar-refractivity contribution in [3.63, 3.8) is 0 Å². The zero-order valence-electron chi connectivity index (χ0n) is 16.9. The normalized spacial score (nSPS) is 16.1.